The molecule has 1 aliphatic rings. The van der Waals surface area contributed by atoms with E-state index in [1.807, 2.05) is 6.92 Å². The number of nitrogens with one attached hydrogen (secondary N) is 1. The first-order valence-electron chi connectivity index (χ1n) is 6.31. The monoisotopic (exact) mass is 299 g/mol. The van der Waals surface area contributed by atoms with Gasteiger partial charge in [0, 0.05) is 37.3 Å². The van der Waals surface area contributed by atoms with Crippen LogP contribution >= 0.6 is 0 Å². The maximum absolute atomic E-state index is 12.6. The molecule has 1 N–H and O–H groups in total. The SMILES string of the molecule is Cc1cc(S(=O)(=O)N2CCNCC2C)ccc1[N+](=O)[O-]. The zero-order chi connectivity index (χ0) is 14.9. The van der Waals surface area contributed by atoms with Crippen molar-refractivity contribution < 1.29 is 13.3 Å². The second-order valence-corrected chi connectivity index (χ2v) is 6.76. The van der Waals surface area contributed by atoms with Crippen LogP contribution in [-0.4, -0.2) is 43.3 Å². The molecule has 20 heavy (non-hydrogen) atoms. The lowest BCUT2D eigenvalue weighted by atomic mass is 10.2. The summed E-state index contributed by atoms with van der Waals surface area (Å²) < 4.78 is 26.6. The zero-order valence-corrected chi connectivity index (χ0v) is 12.2. The van der Waals surface area contributed by atoms with Gasteiger partial charge in [0.05, 0.1) is 9.82 Å². The largest absolute Gasteiger partial charge is 0.314 e. The van der Waals surface area contributed by atoms with Crippen molar-refractivity contribution in [1.82, 2.24) is 9.62 Å². The molecular formula is C12H17N3O4S. The molecule has 0 aliphatic carbocycles. The van der Waals surface area contributed by atoms with Gasteiger partial charge in [-0.25, -0.2) is 8.42 Å². The standard InChI is InChI=1S/C12H17N3O4S/c1-9-7-11(3-4-12(9)15(16)17)20(18,19)14-6-5-13-8-10(14)2/h3-4,7,10,13H,5-6,8H2,1-2H3. The molecule has 1 heterocycles. The number of benzene rings is 1. The maximum atomic E-state index is 12.6. The second kappa shape index (κ2) is 5.47. The molecule has 2 rings (SSSR count). The third kappa shape index (κ3) is 2.67. The third-order valence-corrected chi connectivity index (χ3v) is 5.42. The fraction of sp³-hybridized carbons (Fsp3) is 0.500. The third-order valence-electron chi connectivity index (χ3n) is 3.41. The van der Waals surface area contributed by atoms with Crippen LogP contribution in [0.3, 0.4) is 0 Å². The van der Waals surface area contributed by atoms with Gasteiger partial charge in [0.15, 0.2) is 0 Å². The average Bonchev–Trinajstić information content (AvgIpc) is 2.38. The first kappa shape index (κ1) is 14.9. The van der Waals surface area contributed by atoms with E-state index in [0.717, 1.165) is 0 Å². The highest BCUT2D eigenvalue weighted by molar-refractivity contribution is 7.89. The Balaban J connectivity index is 2.39. The highest BCUT2D eigenvalue weighted by Gasteiger charge is 2.31. The lowest BCUT2D eigenvalue weighted by molar-refractivity contribution is -0.385. The fourth-order valence-corrected chi connectivity index (χ4v) is 4.02. The minimum Gasteiger partial charge on any atom is -0.314 e. The number of nitro benzene ring substituents is 1. The molecule has 0 bridgehead atoms. The predicted octanol–water partition coefficient (Wildman–Crippen LogP) is 0.886. The normalized spacial score (nSPS) is 20.8. The Bertz CT molecular complexity index is 630. The predicted molar refractivity (Wildman–Crippen MR) is 74.1 cm³/mol. The minimum atomic E-state index is -3.61. The zero-order valence-electron chi connectivity index (χ0n) is 11.4. The van der Waals surface area contributed by atoms with Crippen LogP contribution in [0.2, 0.25) is 0 Å². The van der Waals surface area contributed by atoms with Crippen LogP contribution in [0.1, 0.15) is 12.5 Å². The summed E-state index contributed by atoms with van der Waals surface area (Å²) >= 11 is 0. The number of nitro groups is 1. The van der Waals surface area contributed by atoms with Gasteiger partial charge in [-0.2, -0.15) is 4.31 Å². The summed E-state index contributed by atoms with van der Waals surface area (Å²) in [5.74, 6) is 0. The van der Waals surface area contributed by atoms with Crippen LogP contribution in [-0.2, 0) is 10.0 Å². The number of rotatable bonds is 3. The van der Waals surface area contributed by atoms with E-state index in [1.165, 1.54) is 22.5 Å². The highest BCUT2D eigenvalue weighted by Crippen LogP contribution is 2.25. The summed E-state index contributed by atoms with van der Waals surface area (Å²) in [5.41, 5.74) is 0.274. The van der Waals surface area contributed by atoms with E-state index < -0.39 is 14.9 Å². The molecule has 0 radical (unpaired) electrons. The van der Waals surface area contributed by atoms with Crippen molar-refractivity contribution in [3.05, 3.63) is 33.9 Å². The summed E-state index contributed by atoms with van der Waals surface area (Å²) in [6.45, 7) is 4.99. The van der Waals surface area contributed by atoms with E-state index in [9.17, 15) is 18.5 Å². The molecule has 8 heteroatoms. The van der Waals surface area contributed by atoms with Crippen LogP contribution in [0.4, 0.5) is 5.69 Å². The molecule has 1 aromatic rings. The molecule has 1 unspecified atom stereocenters. The number of hydrogen-bond donors (Lipinski definition) is 1. The van der Waals surface area contributed by atoms with Crippen molar-refractivity contribution in [3.8, 4) is 0 Å². The van der Waals surface area contributed by atoms with Crippen LogP contribution in [0.15, 0.2) is 23.1 Å². The van der Waals surface area contributed by atoms with E-state index >= 15 is 0 Å². The Hall–Kier alpha value is -1.51. The van der Waals surface area contributed by atoms with E-state index in [4.69, 9.17) is 0 Å². The molecule has 110 valence electrons. The van der Waals surface area contributed by atoms with Crippen LogP contribution in [0.25, 0.3) is 0 Å². The van der Waals surface area contributed by atoms with Gasteiger partial charge in [-0.1, -0.05) is 0 Å². The van der Waals surface area contributed by atoms with Crippen molar-refractivity contribution in [2.75, 3.05) is 19.6 Å². The summed E-state index contributed by atoms with van der Waals surface area (Å²) in [5, 5.41) is 13.9. The summed E-state index contributed by atoms with van der Waals surface area (Å²) in [6.07, 6.45) is 0. The summed E-state index contributed by atoms with van der Waals surface area (Å²) in [7, 11) is -3.61. The molecule has 1 atom stereocenters. The Labute approximate surface area is 117 Å². The van der Waals surface area contributed by atoms with Crippen LogP contribution in [0, 0.1) is 17.0 Å². The molecule has 0 amide bonds. The molecule has 7 nitrogen and oxygen atoms in total. The van der Waals surface area contributed by atoms with Crippen LogP contribution < -0.4 is 5.32 Å². The van der Waals surface area contributed by atoms with Gasteiger partial charge in [-0.3, -0.25) is 10.1 Å². The Morgan fingerprint density at radius 1 is 1.45 bits per heavy atom. The van der Waals surface area contributed by atoms with Gasteiger partial charge in [0.1, 0.15) is 0 Å². The summed E-state index contributed by atoms with van der Waals surface area (Å²) in [4.78, 5) is 10.4. The molecule has 1 aromatic carbocycles. The van der Waals surface area contributed by atoms with Gasteiger partial charge < -0.3 is 5.32 Å². The number of aryl methyl sites for hydroxylation is 1. The Morgan fingerprint density at radius 2 is 2.15 bits per heavy atom. The van der Waals surface area contributed by atoms with Crippen molar-refractivity contribution in [2.45, 2.75) is 24.8 Å². The molecule has 1 saturated heterocycles. The fourth-order valence-electron chi connectivity index (χ4n) is 2.31. The number of hydrogen-bond acceptors (Lipinski definition) is 5. The molecule has 0 spiro atoms. The van der Waals surface area contributed by atoms with Crippen molar-refractivity contribution >= 4 is 15.7 Å². The van der Waals surface area contributed by atoms with E-state index in [0.29, 0.717) is 25.2 Å². The van der Waals surface area contributed by atoms with E-state index in [-0.39, 0.29) is 16.6 Å². The smallest absolute Gasteiger partial charge is 0.272 e. The van der Waals surface area contributed by atoms with Crippen molar-refractivity contribution in [1.29, 1.82) is 0 Å². The molecule has 1 fully saturated rings. The minimum absolute atomic E-state index is 0.0719. The molecule has 0 saturated carbocycles. The first-order valence-corrected chi connectivity index (χ1v) is 7.75. The molecular weight excluding hydrogens is 282 g/mol. The van der Waals surface area contributed by atoms with Gasteiger partial charge in [-0.15, -0.1) is 0 Å². The molecule has 0 aromatic heterocycles. The highest BCUT2D eigenvalue weighted by atomic mass is 32.2. The average molecular weight is 299 g/mol. The van der Waals surface area contributed by atoms with Crippen molar-refractivity contribution in [3.63, 3.8) is 0 Å². The first-order chi connectivity index (χ1) is 9.34. The van der Waals surface area contributed by atoms with E-state index in [1.54, 1.807) is 6.92 Å². The lowest BCUT2D eigenvalue weighted by Crippen LogP contribution is -2.52. The van der Waals surface area contributed by atoms with Crippen molar-refractivity contribution in [2.24, 2.45) is 0 Å². The van der Waals surface area contributed by atoms with Gasteiger partial charge in [-0.05, 0) is 26.0 Å². The lowest BCUT2D eigenvalue weighted by Gasteiger charge is -2.32. The Kier molecular flexibility index (Phi) is 4.07. The van der Waals surface area contributed by atoms with Gasteiger partial charge in [0.2, 0.25) is 10.0 Å². The topological polar surface area (TPSA) is 92.6 Å². The number of piperazine rings is 1. The number of nitrogens with zero attached hydrogens (tertiary/aromatic N) is 2. The quantitative estimate of drug-likeness (QED) is 0.661. The molecule has 1 aliphatic heterocycles. The summed E-state index contributed by atoms with van der Waals surface area (Å²) in [6, 6.07) is 3.77. The maximum Gasteiger partial charge on any atom is 0.272 e. The Morgan fingerprint density at radius 3 is 2.70 bits per heavy atom. The number of sulfonamides is 1. The second-order valence-electron chi connectivity index (χ2n) is 4.87. The van der Waals surface area contributed by atoms with Crippen LogP contribution in [0.5, 0.6) is 0 Å². The van der Waals surface area contributed by atoms with Gasteiger partial charge in [0.25, 0.3) is 5.69 Å². The van der Waals surface area contributed by atoms with E-state index in [2.05, 4.69) is 5.32 Å². The van der Waals surface area contributed by atoms with Gasteiger partial charge >= 0.3 is 0 Å².